The summed E-state index contributed by atoms with van der Waals surface area (Å²) in [7, 11) is 1.72. The zero-order valence-electron chi connectivity index (χ0n) is 13.1. The van der Waals surface area contributed by atoms with Crippen molar-refractivity contribution in [2.75, 3.05) is 7.11 Å². The summed E-state index contributed by atoms with van der Waals surface area (Å²) < 4.78 is 8.99. The molecule has 0 fully saturated rings. The van der Waals surface area contributed by atoms with Crippen LogP contribution in [0, 0.1) is 0 Å². The summed E-state index contributed by atoms with van der Waals surface area (Å²) in [5, 5.41) is 1.29. The van der Waals surface area contributed by atoms with Gasteiger partial charge in [0.05, 0.1) is 18.3 Å². The van der Waals surface area contributed by atoms with Gasteiger partial charge in [-0.3, -0.25) is 0 Å². The number of benzene rings is 2. The smallest absolute Gasteiger partial charge is 0.142 e. The maximum atomic E-state index is 6.50. The van der Waals surface area contributed by atoms with Crippen LogP contribution in [0.4, 0.5) is 0 Å². The highest BCUT2D eigenvalue weighted by atomic mass is 79.9. The molecule has 0 saturated heterocycles. The molecule has 4 rings (SSSR count). The molecule has 3 aromatic rings. The Labute approximate surface area is 144 Å². The number of hydrogen-bond donors (Lipinski definition) is 1. The summed E-state index contributed by atoms with van der Waals surface area (Å²) in [5.41, 5.74) is 11.4. The van der Waals surface area contributed by atoms with Crippen molar-refractivity contribution in [2.45, 2.75) is 25.3 Å². The fourth-order valence-electron chi connectivity index (χ4n) is 3.71. The molecule has 1 aliphatic rings. The number of halogens is 1. The number of rotatable bonds is 2. The number of nitrogens with two attached hydrogens (primary N) is 1. The molecule has 0 bridgehead atoms. The first-order valence-corrected chi connectivity index (χ1v) is 8.71. The van der Waals surface area contributed by atoms with Crippen LogP contribution < -0.4 is 10.5 Å². The van der Waals surface area contributed by atoms with E-state index in [9.17, 15) is 0 Å². The third kappa shape index (κ3) is 2.28. The van der Waals surface area contributed by atoms with Gasteiger partial charge in [-0.2, -0.15) is 0 Å². The second-order valence-electron chi connectivity index (χ2n) is 6.03. The number of hydrogen-bond acceptors (Lipinski definition) is 2. The van der Waals surface area contributed by atoms with Crippen LogP contribution in [0.25, 0.3) is 16.6 Å². The highest BCUT2D eigenvalue weighted by Crippen LogP contribution is 2.40. The first-order valence-electron chi connectivity index (χ1n) is 7.92. The van der Waals surface area contributed by atoms with E-state index in [4.69, 9.17) is 10.5 Å². The lowest BCUT2D eigenvalue weighted by atomic mass is 9.92. The van der Waals surface area contributed by atoms with E-state index >= 15 is 0 Å². The van der Waals surface area contributed by atoms with Gasteiger partial charge in [0.25, 0.3) is 0 Å². The first kappa shape index (κ1) is 14.8. The SMILES string of the molecule is COc1ccccc1-n1c2c(c3cc(Br)ccc31)CCCC2N. The van der Waals surface area contributed by atoms with Crippen LogP contribution in [0.15, 0.2) is 46.9 Å². The van der Waals surface area contributed by atoms with E-state index in [1.807, 2.05) is 18.2 Å². The van der Waals surface area contributed by atoms with Crippen molar-refractivity contribution >= 4 is 26.8 Å². The number of fused-ring (bicyclic) bond motifs is 3. The van der Waals surface area contributed by atoms with E-state index < -0.39 is 0 Å². The van der Waals surface area contributed by atoms with Gasteiger partial charge in [-0.25, -0.2) is 0 Å². The van der Waals surface area contributed by atoms with Crippen molar-refractivity contribution in [3.63, 3.8) is 0 Å². The molecule has 4 heteroatoms. The lowest BCUT2D eigenvalue weighted by molar-refractivity contribution is 0.412. The summed E-state index contributed by atoms with van der Waals surface area (Å²) in [6.45, 7) is 0. The second kappa shape index (κ2) is 5.69. The second-order valence-corrected chi connectivity index (χ2v) is 6.95. The van der Waals surface area contributed by atoms with Crippen LogP contribution in [0.5, 0.6) is 5.75 Å². The monoisotopic (exact) mass is 370 g/mol. The van der Waals surface area contributed by atoms with Crippen molar-refractivity contribution in [1.82, 2.24) is 4.57 Å². The van der Waals surface area contributed by atoms with Crippen LogP contribution in [0.2, 0.25) is 0 Å². The molecule has 0 amide bonds. The number of aryl methyl sites for hydroxylation is 1. The molecular formula is C19H19BrN2O. The number of nitrogens with zero attached hydrogens (tertiary/aromatic N) is 1. The Hall–Kier alpha value is -1.78. The van der Waals surface area contributed by atoms with Gasteiger partial charge in [0.15, 0.2) is 0 Å². The molecule has 23 heavy (non-hydrogen) atoms. The average molecular weight is 371 g/mol. The Morgan fingerprint density at radius 2 is 2.04 bits per heavy atom. The van der Waals surface area contributed by atoms with E-state index in [1.54, 1.807) is 7.11 Å². The van der Waals surface area contributed by atoms with Gasteiger partial charge >= 0.3 is 0 Å². The molecule has 2 N–H and O–H groups in total. The Kier molecular flexibility index (Phi) is 3.66. The summed E-state index contributed by atoms with van der Waals surface area (Å²) in [5.74, 6) is 0.868. The van der Waals surface area contributed by atoms with Gasteiger partial charge in [0.2, 0.25) is 0 Å². The molecule has 0 aliphatic heterocycles. The van der Waals surface area contributed by atoms with Gasteiger partial charge < -0.3 is 15.0 Å². The third-order valence-electron chi connectivity index (χ3n) is 4.69. The number of ether oxygens (including phenoxy) is 1. The standard InChI is InChI=1S/C19H19BrN2O/c1-23-18-8-3-2-7-17(18)22-16-10-9-12(20)11-14(16)13-5-4-6-15(21)19(13)22/h2-3,7-11,15H,4-6,21H2,1H3. The summed E-state index contributed by atoms with van der Waals surface area (Å²) in [6.07, 6.45) is 3.25. The molecule has 1 aromatic heterocycles. The predicted molar refractivity (Wildman–Crippen MR) is 97.4 cm³/mol. The van der Waals surface area contributed by atoms with Gasteiger partial charge in [0.1, 0.15) is 5.75 Å². The van der Waals surface area contributed by atoms with Crippen LogP contribution >= 0.6 is 15.9 Å². The van der Waals surface area contributed by atoms with Crippen LogP contribution in [-0.2, 0) is 6.42 Å². The summed E-state index contributed by atoms with van der Waals surface area (Å²) >= 11 is 3.60. The van der Waals surface area contributed by atoms with E-state index in [2.05, 4.69) is 44.8 Å². The third-order valence-corrected chi connectivity index (χ3v) is 5.19. The highest BCUT2D eigenvalue weighted by Gasteiger charge is 2.27. The molecule has 1 aliphatic carbocycles. The predicted octanol–water partition coefficient (Wildman–Crippen LogP) is 4.74. The zero-order valence-corrected chi connectivity index (χ0v) is 14.6. The lowest BCUT2D eigenvalue weighted by Crippen LogP contribution is -2.20. The molecule has 118 valence electrons. The first-order chi connectivity index (χ1) is 11.2. The quantitative estimate of drug-likeness (QED) is 0.707. The number of methoxy groups -OCH3 is 1. The minimum Gasteiger partial charge on any atom is -0.495 e. The fraction of sp³-hybridized carbons (Fsp3) is 0.263. The highest BCUT2D eigenvalue weighted by molar-refractivity contribution is 9.10. The van der Waals surface area contributed by atoms with Gasteiger partial charge in [-0.1, -0.05) is 28.1 Å². The van der Waals surface area contributed by atoms with Crippen molar-refractivity contribution in [3.8, 4) is 11.4 Å². The van der Waals surface area contributed by atoms with E-state index in [0.717, 1.165) is 35.2 Å². The molecular weight excluding hydrogens is 352 g/mol. The largest absolute Gasteiger partial charge is 0.495 e. The number of aromatic nitrogens is 1. The van der Waals surface area contributed by atoms with Crippen molar-refractivity contribution in [1.29, 1.82) is 0 Å². The lowest BCUT2D eigenvalue weighted by Gasteiger charge is -2.23. The Bertz CT molecular complexity index is 884. The van der Waals surface area contributed by atoms with E-state index in [1.165, 1.54) is 22.2 Å². The number of para-hydroxylation sites is 2. The van der Waals surface area contributed by atoms with Crippen molar-refractivity contribution < 1.29 is 4.74 Å². The fourth-order valence-corrected chi connectivity index (χ4v) is 4.07. The normalized spacial score (nSPS) is 17.3. The molecule has 3 nitrogen and oxygen atoms in total. The van der Waals surface area contributed by atoms with Crippen molar-refractivity contribution in [3.05, 3.63) is 58.2 Å². The van der Waals surface area contributed by atoms with Gasteiger partial charge in [-0.15, -0.1) is 0 Å². The van der Waals surface area contributed by atoms with Crippen molar-refractivity contribution in [2.24, 2.45) is 5.73 Å². The van der Waals surface area contributed by atoms with Crippen LogP contribution in [0.3, 0.4) is 0 Å². The Balaban J connectivity index is 2.12. The summed E-state index contributed by atoms with van der Waals surface area (Å²) in [4.78, 5) is 0. The topological polar surface area (TPSA) is 40.2 Å². The Morgan fingerprint density at radius 3 is 2.87 bits per heavy atom. The Morgan fingerprint density at radius 1 is 1.22 bits per heavy atom. The molecule has 1 heterocycles. The molecule has 2 aromatic carbocycles. The molecule has 0 saturated carbocycles. The molecule has 1 unspecified atom stereocenters. The van der Waals surface area contributed by atoms with E-state index in [-0.39, 0.29) is 6.04 Å². The molecule has 0 radical (unpaired) electrons. The summed E-state index contributed by atoms with van der Waals surface area (Å²) in [6, 6.07) is 14.7. The van der Waals surface area contributed by atoms with Crippen LogP contribution in [-0.4, -0.2) is 11.7 Å². The van der Waals surface area contributed by atoms with Gasteiger partial charge in [0, 0.05) is 21.6 Å². The minimum absolute atomic E-state index is 0.0647. The van der Waals surface area contributed by atoms with Gasteiger partial charge in [-0.05, 0) is 55.2 Å². The molecule has 0 spiro atoms. The zero-order chi connectivity index (χ0) is 16.0. The maximum absolute atomic E-state index is 6.50. The molecule has 1 atom stereocenters. The minimum atomic E-state index is 0.0647. The average Bonchev–Trinajstić information content (AvgIpc) is 2.90. The maximum Gasteiger partial charge on any atom is 0.142 e. The van der Waals surface area contributed by atoms with E-state index in [0.29, 0.717) is 0 Å². The van der Waals surface area contributed by atoms with Crippen LogP contribution in [0.1, 0.15) is 30.1 Å².